The van der Waals surface area contributed by atoms with Crippen LogP contribution in [-0.4, -0.2) is 31.6 Å². The van der Waals surface area contributed by atoms with E-state index in [4.69, 9.17) is 14.1 Å². The molecule has 166 valence electrons. The number of rotatable bonds is 6. The van der Waals surface area contributed by atoms with Crippen LogP contribution < -0.4 is 10.3 Å². The highest BCUT2D eigenvalue weighted by molar-refractivity contribution is 7.98. The summed E-state index contributed by atoms with van der Waals surface area (Å²) in [6.45, 7) is 3.91. The van der Waals surface area contributed by atoms with Crippen LogP contribution in [0.15, 0.2) is 69.2 Å². The average Bonchev–Trinajstić information content (AvgIpc) is 3.39. The smallest absolute Gasteiger partial charge is 0.278 e. The van der Waals surface area contributed by atoms with E-state index in [1.165, 1.54) is 18.1 Å². The van der Waals surface area contributed by atoms with Gasteiger partial charge in [-0.15, -0.1) is 0 Å². The Hall–Kier alpha value is -3.85. The van der Waals surface area contributed by atoms with Gasteiger partial charge in [-0.3, -0.25) is 9.36 Å². The number of aromatic amines is 1. The lowest BCUT2D eigenvalue weighted by Gasteiger charge is -2.08. The average molecular weight is 460 g/mol. The van der Waals surface area contributed by atoms with E-state index in [-0.39, 0.29) is 5.56 Å². The van der Waals surface area contributed by atoms with Crippen LogP contribution in [0.25, 0.3) is 28.3 Å². The molecule has 8 nitrogen and oxygen atoms in total. The third-order valence-electron chi connectivity index (χ3n) is 5.28. The lowest BCUT2D eigenvalue weighted by atomic mass is 10.2. The number of methoxy groups -OCH3 is 1. The highest BCUT2D eigenvalue weighted by Crippen LogP contribution is 2.33. The maximum absolute atomic E-state index is 12.4. The fourth-order valence-electron chi connectivity index (χ4n) is 3.54. The number of aromatic nitrogens is 5. The summed E-state index contributed by atoms with van der Waals surface area (Å²) in [5, 5.41) is 0.652. The van der Waals surface area contributed by atoms with Crippen LogP contribution >= 0.6 is 11.8 Å². The number of benzene rings is 2. The summed E-state index contributed by atoms with van der Waals surface area (Å²) >= 11 is 1.47. The van der Waals surface area contributed by atoms with Crippen LogP contribution in [0, 0.1) is 13.8 Å². The van der Waals surface area contributed by atoms with E-state index in [9.17, 15) is 4.79 Å². The van der Waals surface area contributed by atoms with E-state index in [0.717, 1.165) is 28.3 Å². The highest BCUT2D eigenvalue weighted by Gasteiger charge is 2.19. The molecule has 0 amide bonds. The summed E-state index contributed by atoms with van der Waals surface area (Å²) in [5.41, 5.74) is 4.15. The summed E-state index contributed by atoms with van der Waals surface area (Å²) < 4.78 is 13.3. The van der Waals surface area contributed by atoms with Gasteiger partial charge in [0, 0.05) is 11.4 Å². The number of oxazole rings is 1. The zero-order valence-corrected chi connectivity index (χ0v) is 19.1. The van der Waals surface area contributed by atoms with Crippen LogP contribution in [-0.2, 0) is 5.75 Å². The fraction of sp³-hybridized carbons (Fsp3) is 0.167. The molecule has 0 spiro atoms. The van der Waals surface area contributed by atoms with Crippen molar-refractivity contribution in [2.75, 3.05) is 7.11 Å². The predicted octanol–water partition coefficient (Wildman–Crippen LogP) is 4.68. The van der Waals surface area contributed by atoms with Crippen molar-refractivity contribution < 1.29 is 9.15 Å². The van der Waals surface area contributed by atoms with Gasteiger partial charge in [-0.2, -0.15) is 0 Å². The fourth-order valence-corrected chi connectivity index (χ4v) is 4.55. The molecule has 0 atom stereocenters. The molecule has 33 heavy (non-hydrogen) atoms. The summed E-state index contributed by atoms with van der Waals surface area (Å²) in [6, 6.07) is 15.6. The molecule has 0 saturated carbocycles. The standard InChI is InChI=1S/C24H21N5O3S/c1-14-8-10-16(11-9-14)29-21-20(22(30)26-13-25-21)28-24(29)33-12-18-15(2)32-23(27-18)17-6-4-5-7-19(17)31-3/h4-11,13H,12H2,1-3H3,(H,25,26,30). The molecule has 0 radical (unpaired) electrons. The maximum Gasteiger partial charge on any atom is 0.278 e. The van der Waals surface area contributed by atoms with Gasteiger partial charge in [-0.05, 0) is 38.1 Å². The molecule has 0 aliphatic heterocycles. The lowest BCUT2D eigenvalue weighted by molar-refractivity contribution is 0.414. The quantitative estimate of drug-likeness (QED) is 0.368. The number of ether oxygens (including phenoxy) is 1. The number of hydrogen-bond donors (Lipinski definition) is 1. The molecular weight excluding hydrogens is 438 g/mol. The zero-order chi connectivity index (χ0) is 22.9. The first-order chi connectivity index (χ1) is 16.0. The minimum Gasteiger partial charge on any atom is -0.496 e. The van der Waals surface area contributed by atoms with E-state index in [1.54, 1.807) is 7.11 Å². The first kappa shape index (κ1) is 21.0. The molecule has 0 aliphatic carbocycles. The Morgan fingerprint density at radius 3 is 2.67 bits per heavy atom. The van der Waals surface area contributed by atoms with E-state index in [1.807, 2.05) is 66.9 Å². The van der Waals surface area contributed by atoms with Gasteiger partial charge < -0.3 is 14.1 Å². The highest BCUT2D eigenvalue weighted by atomic mass is 32.2. The van der Waals surface area contributed by atoms with Gasteiger partial charge in [0.1, 0.15) is 11.5 Å². The van der Waals surface area contributed by atoms with Gasteiger partial charge in [0.15, 0.2) is 16.3 Å². The Morgan fingerprint density at radius 2 is 1.88 bits per heavy atom. The molecule has 5 aromatic rings. The van der Waals surface area contributed by atoms with Crippen molar-refractivity contribution in [1.82, 2.24) is 24.5 Å². The molecular formula is C24H21N5O3S. The molecule has 0 saturated heterocycles. The molecule has 3 aromatic heterocycles. The number of imidazole rings is 1. The summed E-state index contributed by atoms with van der Waals surface area (Å²) in [4.78, 5) is 28.6. The molecule has 2 aromatic carbocycles. The summed E-state index contributed by atoms with van der Waals surface area (Å²) in [7, 11) is 1.62. The van der Waals surface area contributed by atoms with Gasteiger partial charge >= 0.3 is 0 Å². The second kappa shape index (κ2) is 8.59. The lowest BCUT2D eigenvalue weighted by Crippen LogP contribution is -2.07. The number of nitrogens with zero attached hydrogens (tertiary/aromatic N) is 4. The number of thioether (sulfide) groups is 1. The zero-order valence-electron chi connectivity index (χ0n) is 18.3. The van der Waals surface area contributed by atoms with Crippen molar-refractivity contribution >= 4 is 22.9 Å². The minimum atomic E-state index is -0.274. The van der Waals surface area contributed by atoms with E-state index >= 15 is 0 Å². The van der Waals surface area contributed by atoms with E-state index in [0.29, 0.717) is 33.7 Å². The number of fused-ring (bicyclic) bond motifs is 1. The van der Waals surface area contributed by atoms with Crippen LogP contribution in [0.3, 0.4) is 0 Å². The van der Waals surface area contributed by atoms with Crippen LogP contribution in [0.1, 0.15) is 17.0 Å². The topological polar surface area (TPSA) is 98.8 Å². The first-order valence-electron chi connectivity index (χ1n) is 10.3. The second-order valence-electron chi connectivity index (χ2n) is 7.48. The van der Waals surface area contributed by atoms with Crippen molar-refractivity contribution in [1.29, 1.82) is 0 Å². The van der Waals surface area contributed by atoms with Crippen molar-refractivity contribution in [3.05, 3.63) is 82.2 Å². The van der Waals surface area contributed by atoms with Gasteiger partial charge in [0.25, 0.3) is 5.56 Å². The normalized spacial score (nSPS) is 11.2. The number of para-hydroxylation sites is 1. The van der Waals surface area contributed by atoms with Crippen molar-refractivity contribution in [2.24, 2.45) is 0 Å². The predicted molar refractivity (Wildman–Crippen MR) is 127 cm³/mol. The monoisotopic (exact) mass is 459 g/mol. The molecule has 0 bridgehead atoms. The molecule has 9 heteroatoms. The Balaban J connectivity index is 1.51. The maximum atomic E-state index is 12.4. The molecule has 0 unspecified atom stereocenters. The molecule has 0 aliphatic rings. The van der Waals surface area contributed by atoms with E-state index in [2.05, 4.69) is 15.0 Å². The second-order valence-corrected chi connectivity index (χ2v) is 8.42. The summed E-state index contributed by atoms with van der Waals surface area (Å²) in [5.74, 6) is 2.44. The molecule has 5 rings (SSSR count). The Bertz CT molecular complexity index is 1500. The number of aryl methyl sites for hydroxylation is 2. The van der Waals surface area contributed by atoms with E-state index < -0.39 is 0 Å². The van der Waals surface area contributed by atoms with Crippen molar-refractivity contribution in [2.45, 2.75) is 24.8 Å². The largest absolute Gasteiger partial charge is 0.496 e. The van der Waals surface area contributed by atoms with Crippen LogP contribution in [0.4, 0.5) is 0 Å². The minimum absolute atomic E-state index is 0.274. The molecule has 1 N–H and O–H groups in total. The molecule has 0 fully saturated rings. The van der Waals surface area contributed by atoms with Crippen molar-refractivity contribution in [3.8, 4) is 22.9 Å². The Labute approximate surface area is 193 Å². The Kier molecular flexibility index (Phi) is 5.47. The van der Waals surface area contributed by atoms with Crippen LogP contribution in [0.5, 0.6) is 5.75 Å². The third-order valence-corrected chi connectivity index (χ3v) is 6.23. The van der Waals surface area contributed by atoms with Crippen LogP contribution in [0.2, 0.25) is 0 Å². The Morgan fingerprint density at radius 1 is 1.09 bits per heavy atom. The van der Waals surface area contributed by atoms with Gasteiger partial charge in [0.2, 0.25) is 5.89 Å². The summed E-state index contributed by atoms with van der Waals surface area (Å²) in [6.07, 6.45) is 1.40. The number of hydrogen-bond acceptors (Lipinski definition) is 7. The SMILES string of the molecule is COc1ccccc1-c1nc(CSc2nc3c(=O)[nH]cnc3n2-c2ccc(C)cc2)c(C)o1. The third kappa shape index (κ3) is 3.91. The molecule has 3 heterocycles. The van der Waals surface area contributed by atoms with Gasteiger partial charge in [-0.1, -0.05) is 41.6 Å². The first-order valence-corrected chi connectivity index (χ1v) is 11.3. The van der Waals surface area contributed by atoms with Crippen molar-refractivity contribution in [3.63, 3.8) is 0 Å². The van der Waals surface area contributed by atoms with Gasteiger partial charge in [-0.25, -0.2) is 15.0 Å². The number of nitrogens with one attached hydrogen (secondary N) is 1. The van der Waals surface area contributed by atoms with Gasteiger partial charge in [0.05, 0.1) is 24.7 Å². The number of H-pyrrole nitrogens is 1.